The Hall–Kier alpha value is -3.63. The van der Waals surface area contributed by atoms with E-state index >= 15 is 0 Å². The van der Waals surface area contributed by atoms with E-state index in [0.29, 0.717) is 11.3 Å². The number of rotatable bonds is 4. The van der Waals surface area contributed by atoms with E-state index in [1.165, 1.54) is 35.4 Å². The molecule has 0 bridgehead atoms. The SMILES string of the molecule is O=C1[C@H]2[C@@H](ON(c3ccccc3)[C@H]2c2ccc(F)c(Br)c2)C(=O)N1c1ccc([N+](=O)[O-])cc1. The third-order valence-electron chi connectivity index (χ3n) is 5.73. The number of fused-ring (bicyclic) bond motifs is 1. The van der Waals surface area contributed by atoms with Crippen LogP contribution in [-0.4, -0.2) is 22.8 Å². The highest BCUT2D eigenvalue weighted by atomic mass is 79.9. The summed E-state index contributed by atoms with van der Waals surface area (Å²) >= 11 is 3.18. The fraction of sp³-hybridized carbons (Fsp3) is 0.130. The highest BCUT2D eigenvalue weighted by Crippen LogP contribution is 2.48. The second-order valence-corrected chi connectivity index (χ2v) is 8.47. The third kappa shape index (κ3) is 3.47. The molecule has 2 aliphatic heterocycles. The number of imide groups is 1. The topological polar surface area (TPSA) is 93.0 Å². The average molecular weight is 512 g/mol. The van der Waals surface area contributed by atoms with Crippen molar-refractivity contribution >= 4 is 44.8 Å². The van der Waals surface area contributed by atoms with Crippen molar-refractivity contribution in [1.29, 1.82) is 0 Å². The molecular formula is C23H15BrFN3O5. The number of non-ortho nitro benzene ring substituents is 1. The molecule has 0 N–H and O–H groups in total. The Morgan fingerprint density at radius 2 is 1.64 bits per heavy atom. The van der Waals surface area contributed by atoms with Crippen LogP contribution in [0.25, 0.3) is 0 Å². The Morgan fingerprint density at radius 1 is 0.939 bits per heavy atom. The van der Waals surface area contributed by atoms with Gasteiger partial charge in [-0.1, -0.05) is 24.3 Å². The van der Waals surface area contributed by atoms with Gasteiger partial charge in [0.25, 0.3) is 11.6 Å². The number of benzene rings is 3. The summed E-state index contributed by atoms with van der Waals surface area (Å²) < 4.78 is 14.1. The summed E-state index contributed by atoms with van der Waals surface area (Å²) in [6, 6.07) is 17.9. The smallest absolute Gasteiger partial charge is 0.269 e. The number of nitro benzene ring substituents is 1. The van der Waals surface area contributed by atoms with E-state index in [0.717, 1.165) is 4.90 Å². The van der Waals surface area contributed by atoms with Gasteiger partial charge in [0.1, 0.15) is 11.7 Å². The summed E-state index contributed by atoms with van der Waals surface area (Å²) in [7, 11) is 0. The van der Waals surface area contributed by atoms with Crippen LogP contribution in [0.5, 0.6) is 0 Å². The van der Waals surface area contributed by atoms with Crippen LogP contribution in [-0.2, 0) is 14.4 Å². The van der Waals surface area contributed by atoms with Crippen LogP contribution < -0.4 is 9.96 Å². The van der Waals surface area contributed by atoms with Crippen LogP contribution in [0.1, 0.15) is 11.6 Å². The molecule has 0 radical (unpaired) electrons. The van der Waals surface area contributed by atoms with Crippen molar-refractivity contribution in [3.05, 3.63) is 98.8 Å². The zero-order chi connectivity index (χ0) is 23.3. The summed E-state index contributed by atoms with van der Waals surface area (Å²) in [5.74, 6) is -2.42. The lowest BCUT2D eigenvalue weighted by atomic mass is 9.90. The first-order valence-corrected chi connectivity index (χ1v) is 10.7. The summed E-state index contributed by atoms with van der Waals surface area (Å²) in [4.78, 5) is 44.1. The molecule has 3 aromatic carbocycles. The first-order valence-electron chi connectivity index (χ1n) is 9.95. The molecule has 2 aliphatic rings. The van der Waals surface area contributed by atoms with Gasteiger partial charge in [0.05, 0.1) is 26.8 Å². The van der Waals surface area contributed by atoms with Gasteiger partial charge in [0.15, 0.2) is 6.10 Å². The molecule has 3 atom stereocenters. The molecule has 0 aliphatic carbocycles. The fourth-order valence-electron chi connectivity index (χ4n) is 4.23. The number of carbonyl (C=O) groups excluding carboxylic acids is 2. The maximum absolute atomic E-state index is 13.9. The number of hydroxylamine groups is 1. The number of hydrogen-bond donors (Lipinski definition) is 0. The molecule has 2 fully saturated rings. The molecule has 3 aromatic rings. The second kappa shape index (κ2) is 8.05. The highest BCUT2D eigenvalue weighted by molar-refractivity contribution is 9.10. The molecule has 166 valence electrons. The number of amides is 2. The number of para-hydroxylation sites is 1. The van der Waals surface area contributed by atoms with Crippen LogP contribution in [0, 0.1) is 21.8 Å². The van der Waals surface area contributed by atoms with Gasteiger partial charge in [0.2, 0.25) is 5.91 Å². The molecule has 2 saturated heterocycles. The Bertz CT molecular complexity index is 1270. The van der Waals surface area contributed by atoms with Crippen molar-refractivity contribution < 1.29 is 23.7 Å². The minimum absolute atomic E-state index is 0.154. The molecule has 2 heterocycles. The number of carbonyl (C=O) groups is 2. The maximum atomic E-state index is 13.9. The molecule has 0 unspecified atom stereocenters. The summed E-state index contributed by atoms with van der Waals surface area (Å²) in [6.07, 6.45) is -1.10. The first kappa shape index (κ1) is 21.2. The number of nitrogens with zero attached hydrogens (tertiary/aromatic N) is 3. The van der Waals surface area contributed by atoms with Gasteiger partial charge in [-0.2, -0.15) is 0 Å². The zero-order valence-corrected chi connectivity index (χ0v) is 18.4. The Morgan fingerprint density at radius 3 is 2.27 bits per heavy atom. The van der Waals surface area contributed by atoms with Crippen molar-refractivity contribution in [2.24, 2.45) is 5.92 Å². The zero-order valence-electron chi connectivity index (χ0n) is 16.8. The fourth-order valence-corrected chi connectivity index (χ4v) is 4.62. The van der Waals surface area contributed by atoms with E-state index in [9.17, 15) is 24.1 Å². The van der Waals surface area contributed by atoms with E-state index in [2.05, 4.69) is 15.9 Å². The standard InChI is InChI=1S/C23H15BrFN3O5/c24-17-12-13(6-11-18(17)25)20-19-21(33-27(20)15-4-2-1-3-5-15)23(30)26(22(19)29)14-7-9-16(10-8-14)28(31)32/h1-12,19-21H/t19-,20+,21-/m1/s1. The average Bonchev–Trinajstić information content (AvgIpc) is 3.32. The third-order valence-corrected chi connectivity index (χ3v) is 6.34. The van der Waals surface area contributed by atoms with Gasteiger partial charge >= 0.3 is 0 Å². The molecular weight excluding hydrogens is 497 g/mol. The first-order chi connectivity index (χ1) is 15.9. The summed E-state index contributed by atoms with van der Waals surface area (Å²) in [6.45, 7) is 0. The highest BCUT2D eigenvalue weighted by Gasteiger charge is 2.60. The van der Waals surface area contributed by atoms with Gasteiger partial charge in [0, 0.05) is 12.1 Å². The molecule has 10 heteroatoms. The van der Waals surface area contributed by atoms with Gasteiger partial charge in [-0.15, -0.1) is 0 Å². The normalized spacial score (nSPS) is 22.1. The Kier molecular flexibility index (Phi) is 5.18. The van der Waals surface area contributed by atoms with E-state index in [4.69, 9.17) is 4.84 Å². The van der Waals surface area contributed by atoms with Crippen molar-refractivity contribution in [3.63, 3.8) is 0 Å². The van der Waals surface area contributed by atoms with Crippen molar-refractivity contribution in [2.75, 3.05) is 9.96 Å². The van der Waals surface area contributed by atoms with Gasteiger partial charge in [-0.25, -0.2) is 14.4 Å². The van der Waals surface area contributed by atoms with Gasteiger partial charge < -0.3 is 0 Å². The van der Waals surface area contributed by atoms with Crippen LogP contribution in [0.15, 0.2) is 77.3 Å². The van der Waals surface area contributed by atoms with Crippen molar-refractivity contribution in [1.82, 2.24) is 0 Å². The lowest BCUT2D eigenvalue weighted by molar-refractivity contribution is -0.384. The van der Waals surface area contributed by atoms with E-state index in [1.807, 2.05) is 6.07 Å². The predicted molar refractivity (Wildman–Crippen MR) is 120 cm³/mol. The molecule has 2 amide bonds. The van der Waals surface area contributed by atoms with Crippen LogP contribution in [0.3, 0.4) is 0 Å². The molecule has 0 saturated carbocycles. The second-order valence-electron chi connectivity index (χ2n) is 7.62. The number of anilines is 2. The van der Waals surface area contributed by atoms with Crippen LogP contribution in [0.4, 0.5) is 21.5 Å². The minimum Gasteiger partial charge on any atom is -0.273 e. The van der Waals surface area contributed by atoms with Crippen LogP contribution >= 0.6 is 15.9 Å². The summed E-state index contributed by atoms with van der Waals surface area (Å²) in [5.41, 5.74) is 1.30. The van der Waals surface area contributed by atoms with E-state index in [-0.39, 0.29) is 15.8 Å². The summed E-state index contributed by atoms with van der Waals surface area (Å²) in [5, 5.41) is 12.5. The lowest BCUT2D eigenvalue weighted by Gasteiger charge is -2.28. The predicted octanol–water partition coefficient (Wildman–Crippen LogP) is 4.55. The Balaban J connectivity index is 1.57. The minimum atomic E-state index is -1.10. The molecule has 0 aromatic heterocycles. The molecule has 33 heavy (non-hydrogen) atoms. The number of hydrogen-bond acceptors (Lipinski definition) is 6. The Labute approximate surface area is 195 Å². The largest absolute Gasteiger partial charge is 0.273 e. The van der Waals surface area contributed by atoms with Crippen molar-refractivity contribution in [3.8, 4) is 0 Å². The number of halogens is 2. The monoisotopic (exact) mass is 511 g/mol. The van der Waals surface area contributed by atoms with Crippen molar-refractivity contribution in [2.45, 2.75) is 12.1 Å². The maximum Gasteiger partial charge on any atom is 0.269 e. The molecule has 0 spiro atoms. The van der Waals surface area contributed by atoms with Gasteiger partial charge in [-0.05, 0) is 57.9 Å². The molecule has 5 rings (SSSR count). The van der Waals surface area contributed by atoms with Crippen LogP contribution in [0.2, 0.25) is 0 Å². The molecule has 8 nitrogen and oxygen atoms in total. The number of nitro groups is 1. The quantitative estimate of drug-likeness (QED) is 0.290. The van der Waals surface area contributed by atoms with E-state index < -0.39 is 40.6 Å². The van der Waals surface area contributed by atoms with E-state index in [1.54, 1.807) is 36.4 Å². The van der Waals surface area contributed by atoms with Gasteiger partial charge in [-0.3, -0.25) is 24.5 Å². The lowest BCUT2D eigenvalue weighted by Crippen LogP contribution is -2.37.